The van der Waals surface area contributed by atoms with E-state index in [1.54, 1.807) is 19.1 Å². The molecule has 31 heavy (non-hydrogen) atoms. The molecule has 164 valence electrons. The van der Waals surface area contributed by atoms with Crippen LogP contribution in [0.2, 0.25) is 0 Å². The molecule has 0 aliphatic rings. The van der Waals surface area contributed by atoms with Gasteiger partial charge in [-0.25, -0.2) is 17.6 Å². The van der Waals surface area contributed by atoms with Crippen LogP contribution in [0.1, 0.15) is 16.7 Å². The van der Waals surface area contributed by atoms with E-state index in [4.69, 9.17) is 0 Å². The van der Waals surface area contributed by atoms with Gasteiger partial charge in [0.15, 0.2) is 11.6 Å². The van der Waals surface area contributed by atoms with Crippen LogP contribution in [0.4, 0.5) is 39.5 Å². The van der Waals surface area contributed by atoms with Crippen molar-refractivity contribution in [2.75, 3.05) is 0 Å². The highest BCUT2D eigenvalue weighted by molar-refractivity contribution is 5.65. The molecule has 0 saturated heterocycles. The minimum absolute atomic E-state index is 0.130. The SMILES string of the molecule is Cc1ccc(-c2ccc(C(F)(F)Oc3cc(F)c(C(F)(F)F)c(F)c3)c(F)c2F)cc1. The molecule has 0 spiro atoms. The van der Waals surface area contributed by atoms with E-state index in [0.717, 1.165) is 11.6 Å². The summed E-state index contributed by atoms with van der Waals surface area (Å²) in [6, 6.07) is 7.15. The van der Waals surface area contributed by atoms with Crippen molar-refractivity contribution >= 4 is 0 Å². The van der Waals surface area contributed by atoms with Crippen molar-refractivity contribution in [2.45, 2.75) is 19.2 Å². The molecule has 0 aromatic heterocycles. The summed E-state index contributed by atoms with van der Waals surface area (Å²) in [5.74, 6) is -9.39. The third kappa shape index (κ3) is 4.47. The predicted molar refractivity (Wildman–Crippen MR) is 92.4 cm³/mol. The first-order valence-corrected chi connectivity index (χ1v) is 8.50. The van der Waals surface area contributed by atoms with Crippen LogP contribution in [0.25, 0.3) is 11.1 Å². The van der Waals surface area contributed by atoms with E-state index in [2.05, 4.69) is 4.74 Å². The largest absolute Gasteiger partial charge is 0.429 e. The van der Waals surface area contributed by atoms with Crippen molar-refractivity contribution in [3.8, 4) is 16.9 Å². The van der Waals surface area contributed by atoms with Gasteiger partial charge in [-0.05, 0) is 18.6 Å². The number of hydrogen-bond acceptors (Lipinski definition) is 1. The molecular formula is C21H11F9O. The van der Waals surface area contributed by atoms with Gasteiger partial charge in [-0.15, -0.1) is 0 Å². The second kappa shape index (κ2) is 7.82. The van der Waals surface area contributed by atoms with Gasteiger partial charge in [0.1, 0.15) is 28.5 Å². The molecule has 0 amide bonds. The first-order valence-electron chi connectivity index (χ1n) is 8.50. The van der Waals surface area contributed by atoms with E-state index in [1.807, 2.05) is 0 Å². The Labute approximate surface area is 169 Å². The van der Waals surface area contributed by atoms with Crippen LogP contribution in [0.15, 0.2) is 48.5 Å². The monoisotopic (exact) mass is 450 g/mol. The lowest BCUT2D eigenvalue weighted by molar-refractivity contribution is -0.188. The average molecular weight is 450 g/mol. The lowest BCUT2D eigenvalue weighted by Crippen LogP contribution is -2.24. The van der Waals surface area contributed by atoms with Crippen molar-refractivity contribution in [1.82, 2.24) is 0 Å². The second-order valence-corrected chi connectivity index (χ2v) is 6.53. The number of halogens is 9. The van der Waals surface area contributed by atoms with E-state index < -0.39 is 52.4 Å². The molecule has 0 bridgehead atoms. The van der Waals surface area contributed by atoms with Crippen molar-refractivity contribution in [2.24, 2.45) is 0 Å². The number of rotatable bonds is 4. The number of alkyl halides is 5. The van der Waals surface area contributed by atoms with Crippen LogP contribution in [0.5, 0.6) is 5.75 Å². The standard InChI is InChI=1S/C21H11F9O/c1-10-2-4-11(5-3-10)13-6-7-14(19(25)18(13)24)21(29,30)31-12-8-15(22)17(16(23)9-12)20(26,27)28/h2-9H,1H3. The second-order valence-electron chi connectivity index (χ2n) is 6.53. The number of benzene rings is 3. The lowest BCUT2D eigenvalue weighted by Gasteiger charge is -2.20. The summed E-state index contributed by atoms with van der Waals surface area (Å²) in [7, 11) is 0. The molecule has 3 rings (SSSR count). The van der Waals surface area contributed by atoms with Gasteiger partial charge in [-0.1, -0.05) is 35.9 Å². The first-order chi connectivity index (χ1) is 14.3. The molecule has 0 fully saturated rings. The average Bonchev–Trinajstić information content (AvgIpc) is 2.62. The molecule has 0 aliphatic heterocycles. The molecule has 3 aromatic rings. The summed E-state index contributed by atoms with van der Waals surface area (Å²) in [4.78, 5) is 0. The van der Waals surface area contributed by atoms with E-state index in [-0.39, 0.29) is 23.3 Å². The molecule has 0 heterocycles. The normalized spacial score (nSPS) is 12.2. The van der Waals surface area contributed by atoms with Crippen LogP contribution in [0, 0.1) is 30.2 Å². The number of aryl methyl sites for hydroxylation is 1. The van der Waals surface area contributed by atoms with Crippen molar-refractivity contribution in [3.63, 3.8) is 0 Å². The summed E-state index contributed by atoms with van der Waals surface area (Å²) >= 11 is 0. The molecule has 3 aromatic carbocycles. The van der Waals surface area contributed by atoms with E-state index in [1.165, 1.54) is 12.1 Å². The molecule has 0 atom stereocenters. The maximum absolute atomic E-state index is 14.4. The molecule has 0 radical (unpaired) electrons. The summed E-state index contributed by atoms with van der Waals surface area (Å²) in [6.45, 7) is 1.74. The smallest absolute Gasteiger partial charge is 0.429 e. The maximum Gasteiger partial charge on any atom is 0.429 e. The highest BCUT2D eigenvalue weighted by atomic mass is 19.4. The number of ether oxygens (including phenoxy) is 1. The fraction of sp³-hybridized carbons (Fsp3) is 0.143. The maximum atomic E-state index is 14.4. The Hall–Kier alpha value is -3.17. The van der Waals surface area contributed by atoms with Crippen LogP contribution < -0.4 is 4.74 Å². The zero-order valence-corrected chi connectivity index (χ0v) is 15.4. The van der Waals surface area contributed by atoms with E-state index in [9.17, 15) is 39.5 Å². The van der Waals surface area contributed by atoms with Gasteiger partial charge >= 0.3 is 12.3 Å². The van der Waals surface area contributed by atoms with Crippen LogP contribution in [0.3, 0.4) is 0 Å². The summed E-state index contributed by atoms with van der Waals surface area (Å²) < 4.78 is 126. The summed E-state index contributed by atoms with van der Waals surface area (Å²) in [6.07, 6.45) is -10.1. The van der Waals surface area contributed by atoms with Crippen molar-refractivity contribution in [3.05, 3.63) is 88.5 Å². The fourth-order valence-corrected chi connectivity index (χ4v) is 2.81. The molecule has 10 heteroatoms. The van der Waals surface area contributed by atoms with Gasteiger partial charge in [0.05, 0.1) is 0 Å². The molecule has 0 saturated carbocycles. The zero-order chi connectivity index (χ0) is 23.1. The predicted octanol–water partition coefficient (Wildman–Crippen LogP) is 7.37. The fourth-order valence-electron chi connectivity index (χ4n) is 2.81. The Morgan fingerprint density at radius 1 is 0.710 bits per heavy atom. The van der Waals surface area contributed by atoms with Crippen LogP contribution in [-0.4, -0.2) is 0 Å². The van der Waals surface area contributed by atoms with Gasteiger partial charge in [0.25, 0.3) is 0 Å². The Morgan fingerprint density at radius 2 is 1.26 bits per heavy atom. The van der Waals surface area contributed by atoms with Gasteiger partial charge in [-0.3, -0.25) is 0 Å². The summed E-state index contributed by atoms with van der Waals surface area (Å²) in [5, 5.41) is 0. The quantitative estimate of drug-likeness (QED) is 0.377. The zero-order valence-electron chi connectivity index (χ0n) is 15.4. The third-order valence-electron chi connectivity index (χ3n) is 4.30. The van der Waals surface area contributed by atoms with Gasteiger partial charge in [0, 0.05) is 17.7 Å². The van der Waals surface area contributed by atoms with Crippen LogP contribution in [-0.2, 0) is 12.3 Å². The van der Waals surface area contributed by atoms with Gasteiger partial charge in [0.2, 0.25) is 0 Å². The topological polar surface area (TPSA) is 9.23 Å². The third-order valence-corrected chi connectivity index (χ3v) is 4.30. The lowest BCUT2D eigenvalue weighted by atomic mass is 10.0. The number of hydrogen-bond donors (Lipinski definition) is 0. The molecular weight excluding hydrogens is 439 g/mol. The Kier molecular flexibility index (Phi) is 5.68. The Balaban J connectivity index is 1.97. The molecule has 0 unspecified atom stereocenters. The molecule has 1 nitrogen and oxygen atoms in total. The van der Waals surface area contributed by atoms with E-state index >= 15 is 0 Å². The molecule has 0 aliphatic carbocycles. The van der Waals surface area contributed by atoms with Crippen molar-refractivity contribution < 1.29 is 44.3 Å². The Bertz CT molecular complexity index is 1100. The summed E-state index contributed by atoms with van der Waals surface area (Å²) in [5.41, 5.74) is -3.23. The van der Waals surface area contributed by atoms with Crippen molar-refractivity contribution in [1.29, 1.82) is 0 Å². The molecule has 0 N–H and O–H groups in total. The highest BCUT2D eigenvalue weighted by Crippen LogP contribution is 2.39. The van der Waals surface area contributed by atoms with Crippen LogP contribution >= 0.6 is 0 Å². The first kappa shape index (κ1) is 22.5. The van der Waals surface area contributed by atoms with E-state index in [0.29, 0.717) is 6.07 Å². The minimum Gasteiger partial charge on any atom is -0.429 e. The highest BCUT2D eigenvalue weighted by Gasteiger charge is 2.42. The van der Waals surface area contributed by atoms with Gasteiger partial charge in [-0.2, -0.15) is 22.0 Å². The van der Waals surface area contributed by atoms with Gasteiger partial charge < -0.3 is 4.74 Å². The Morgan fingerprint density at radius 3 is 1.77 bits per heavy atom. The minimum atomic E-state index is -5.42.